The molecule has 0 saturated heterocycles. The van der Waals surface area contributed by atoms with Gasteiger partial charge in [-0.05, 0) is 42.8 Å². The smallest absolute Gasteiger partial charge is 0.191 e. The lowest BCUT2D eigenvalue weighted by molar-refractivity contribution is 0.229. The molecule has 1 nitrogen and oxygen atoms in total. The third-order valence-corrected chi connectivity index (χ3v) is 9.18. The number of hydrogen-bond acceptors (Lipinski definition) is 1. The van der Waals surface area contributed by atoms with Crippen molar-refractivity contribution in [1.29, 1.82) is 0 Å². The number of halogens is 1. The molecule has 0 fully saturated rings. The molecule has 0 aliphatic rings. The van der Waals surface area contributed by atoms with Gasteiger partial charge in [-0.3, -0.25) is 0 Å². The minimum absolute atomic E-state index is 0.329. The first-order chi connectivity index (χ1) is 7.62. The Morgan fingerprint density at radius 1 is 1.12 bits per heavy atom. The molecule has 0 bridgehead atoms. The molecule has 1 atom stereocenters. The summed E-state index contributed by atoms with van der Waals surface area (Å²) in [5.74, 6) is 1.55. The van der Waals surface area contributed by atoms with Crippen LogP contribution in [0.25, 0.3) is 0 Å². The molecule has 0 radical (unpaired) electrons. The maximum absolute atomic E-state index is 6.24. The molecule has 0 rings (SSSR count). The Kier molecular flexibility index (Phi) is 7.58. The van der Waals surface area contributed by atoms with E-state index in [1.54, 1.807) is 0 Å². The van der Waals surface area contributed by atoms with Crippen molar-refractivity contribution in [2.75, 3.05) is 11.9 Å². The van der Waals surface area contributed by atoms with Crippen LogP contribution in [0.15, 0.2) is 0 Å². The number of alkyl halides is 1. The average Bonchev–Trinajstić information content (AvgIpc) is 2.14. The Morgan fingerprint density at radius 2 is 1.65 bits per heavy atom. The summed E-state index contributed by atoms with van der Waals surface area (Å²) >= 11 is 3.55. The lowest BCUT2D eigenvalue weighted by Crippen LogP contribution is -2.41. The molecular formula is C14H31BrOSi. The van der Waals surface area contributed by atoms with Gasteiger partial charge in [-0.25, -0.2) is 0 Å². The van der Waals surface area contributed by atoms with E-state index in [0.717, 1.165) is 23.8 Å². The standard InChI is InChI=1S/C14H31BrOSi/c1-12(2)13(8-10-15)9-11-16-17(6,7)14(3,4)5/h12-13H,8-11H2,1-7H3. The Hall–Kier alpha value is 0.657. The SMILES string of the molecule is CC(C)C(CCBr)CCO[Si](C)(C)C(C)(C)C. The van der Waals surface area contributed by atoms with Gasteiger partial charge in [0, 0.05) is 11.9 Å². The average molecular weight is 323 g/mol. The molecule has 17 heavy (non-hydrogen) atoms. The van der Waals surface area contributed by atoms with E-state index in [1.807, 2.05) is 0 Å². The predicted molar refractivity (Wildman–Crippen MR) is 84.5 cm³/mol. The van der Waals surface area contributed by atoms with Gasteiger partial charge in [-0.1, -0.05) is 50.5 Å². The predicted octanol–water partition coefficient (Wildman–Crippen LogP) is 5.46. The van der Waals surface area contributed by atoms with Crippen LogP contribution < -0.4 is 0 Å². The van der Waals surface area contributed by atoms with Crippen molar-refractivity contribution >= 4 is 24.2 Å². The van der Waals surface area contributed by atoms with E-state index in [-0.39, 0.29) is 0 Å². The van der Waals surface area contributed by atoms with E-state index < -0.39 is 8.32 Å². The van der Waals surface area contributed by atoms with Crippen molar-refractivity contribution in [1.82, 2.24) is 0 Å². The summed E-state index contributed by atoms with van der Waals surface area (Å²) in [5, 5.41) is 1.44. The van der Waals surface area contributed by atoms with Gasteiger partial charge in [0.1, 0.15) is 0 Å². The molecule has 0 aliphatic carbocycles. The minimum atomic E-state index is -1.54. The molecule has 3 heteroatoms. The van der Waals surface area contributed by atoms with Crippen molar-refractivity contribution in [3.63, 3.8) is 0 Å². The van der Waals surface area contributed by atoms with Crippen molar-refractivity contribution in [3.05, 3.63) is 0 Å². The maximum Gasteiger partial charge on any atom is 0.191 e. The molecule has 0 aromatic rings. The van der Waals surface area contributed by atoms with Crippen molar-refractivity contribution in [2.24, 2.45) is 11.8 Å². The molecule has 0 N–H and O–H groups in total. The fourth-order valence-corrected chi connectivity index (χ4v) is 3.28. The molecule has 1 unspecified atom stereocenters. The minimum Gasteiger partial charge on any atom is -0.417 e. The van der Waals surface area contributed by atoms with E-state index in [4.69, 9.17) is 4.43 Å². The van der Waals surface area contributed by atoms with Gasteiger partial charge in [0.2, 0.25) is 0 Å². The zero-order chi connectivity index (χ0) is 13.7. The highest BCUT2D eigenvalue weighted by molar-refractivity contribution is 9.09. The summed E-state index contributed by atoms with van der Waals surface area (Å²) in [6.45, 7) is 17.2. The first-order valence-corrected chi connectivity index (χ1v) is 10.8. The molecular weight excluding hydrogens is 292 g/mol. The second-order valence-electron chi connectivity index (χ2n) is 6.88. The third kappa shape index (κ3) is 6.39. The van der Waals surface area contributed by atoms with Gasteiger partial charge < -0.3 is 4.43 Å². The molecule has 0 aliphatic heterocycles. The molecule has 0 heterocycles. The van der Waals surface area contributed by atoms with E-state index in [0.29, 0.717) is 5.04 Å². The fourth-order valence-electron chi connectivity index (χ4n) is 1.63. The fraction of sp³-hybridized carbons (Fsp3) is 1.00. The van der Waals surface area contributed by atoms with Crippen LogP contribution >= 0.6 is 15.9 Å². The van der Waals surface area contributed by atoms with Gasteiger partial charge in [-0.2, -0.15) is 0 Å². The summed E-state index contributed by atoms with van der Waals surface area (Å²) in [5.41, 5.74) is 0. The first kappa shape index (κ1) is 17.7. The Bertz CT molecular complexity index is 209. The summed E-state index contributed by atoms with van der Waals surface area (Å²) in [6, 6.07) is 0. The topological polar surface area (TPSA) is 9.23 Å². The molecule has 0 spiro atoms. The Labute approximate surface area is 118 Å². The van der Waals surface area contributed by atoms with Gasteiger partial charge >= 0.3 is 0 Å². The van der Waals surface area contributed by atoms with E-state index in [1.165, 1.54) is 12.8 Å². The zero-order valence-electron chi connectivity index (χ0n) is 12.8. The third-order valence-electron chi connectivity index (χ3n) is 4.18. The van der Waals surface area contributed by atoms with E-state index >= 15 is 0 Å². The first-order valence-electron chi connectivity index (χ1n) is 6.81. The molecule has 104 valence electrons. The number of rotatable bonds is 7. The Morgan fingerprint density at radius 3 is 2.00 bits per heavy atom. The lowest BCUT2D eigenvalue weighted by Gasteiger charge is -2.36. The Balaban J connectivity index is 4.12. The molecule has 0 amide bonds. The highest BCUT2D eigenvalue weighted by atomic mass is 79.9. The van der Waals surface area contributed by atoms with Crippen LogP contribution in [0.4, 0.5) is 0 Å². The van der Waals surface area contributed by atoms with Crippen LogP contribution in [-0.2, 0) is 4.43 Å². The van der Waals surface area contributed by atoms with Crippen LogP contribution in [0.5, 0.6) is 0 Å². The highest BCUT2D eigenvalue weighted by Gasteiger charge is 2.37. The van der Waals surface area contributed by atoms with Gasteiger partial charge in [-0.15, -0.1) is 0 Å². The molecule has 0 saturated carbocycles. The monoisotopic (exact) mass is 322 g/mol. The quantitative estimate of drug-likeness (QED) is 0.447. The van der Waals surface area contributed by atoms with Crippen LogP contribution in [0.3, 0.4) is 0 Å². The van der Waals surface area contributed by atoms with Crippen molar-refractivity contribution in [2.45, 2.75) is 65.6 Å². The normalized spacial score (nSPS) is 15.4. The summed E-state index contributed by atoms with van der Waals surface area (Å²) in [4.78, 5) is 0. The van der Waals surface area contributed by atoms with Gasteiger partial charge in [0.25, 0.3) is 0 Å². The highest BCUT2D eigenvalue weighted by Crippen LogP contribution is 2.36. The summed E-state index contributed by atoms with van der Waals surface area (Å²) in [7, 11) is -1.54. The van der Waals surface area contributed by atoms with Crippen LogP contribution in [0, 0.1) is 11.8 Å². The van der Waals surface area contributed by atoms with Crippen molar-refractivity contribution < 1.29 is 4.43 Å². The van der Waals surface area contributed by atoms with Gasteiger partial charge in [0.05, 0.1) is 0 Å². The molecule has 0 aromatic heterocycles. The summed E-state index contributed by atoms with van der Waals surface area (Å²) < 4.78 is 6.24. The van der Waals surface area contributed by atoms with Crippen molar-refractivity contribution in [3.8, 4) is 0 Å². The zero-order valence-corrected chi connectivity index (χ0v) is 15.4. The van der Waals surface area contributed by atoms with Crippen LogP contribution in [0.1, 0.15) is 47.5 Å². The second kappa shape index (κ2) is 7.30. The summed E-state index contributed by atoms with van der Waals surface area (Å²) in [6.07, 6.45) is 2.47. The van der Waals surface area contributed by atoms with Gasteiger partial charge in [0.15, 0.2) is 8.32 Å². The lowest BCUT2D eigenvalue weighted by atomic mass is 9.91. The van der Waals surface area contributed by atoms with Crippen LogP contribution in [0.2, 0.25) is 18.1 Å². The molecule has 0 aromatic carbocycles. The van der Waals surface area contributed by atoms with E-state index in [2.05, 4.69) is 63.6 Å². The second-order valence-corrected chi connectivity index (χ2v) is 12.5. The van der Waals surface area contributed by atoms with Crippen LogP contribution in [-0.4, -0.2) is 20.3 Å². The van der Waals surface area contributed by atoms with E-state index in [9.17, 15) is 0 Å². The maximum atomic E-state index is 6.24. The number of hydrogen-bond donors (Lipinski definition) is 0. The largest absolute Gasteiger partial charge is 0.417 e.